The van der Waals surface area contributed by atoms with Crippen molar-refractivity contribution >= 4 is 5.97 Å². The van der Waals surface area contributed by atoms with Gasteiger partial charge in [-0.25, -0.2) is 4.79 Å². The zero-order chi connectivity index (χ0) is 19.4. The third-order valence-electron chi connectivity index (χ3n) is 3.99. The van der Waals surface area contributed by atoms with Gasteiger partial charge in [0.1, 0.15) is 12.4 Å². The summed E-state index contributed by atoms with van der Waals surface area (Å²) in [5.74, 6) is -1.11. The molecule has 3 rings (SSSR count). The molecule has 0 aliphatic rings. The molecule has 0 aliphatic heterocycles. The Bertz CT molecular complexity index is 950. The fourth-order valence-electron chi connectivity index (χ4n) is 2.70. The van der Waals surface area contributed by atoms with Crippen LogP contribution in [-0.4, -0.2) is 11.1 Å². The van der Waals surface area contributed by atoms with Gasteiger partial charge in [0.05, 0.1) is 11.1 Å². The minimum atomic E-state index is -4.54. The van der Waals surface area contributed by atoms with E-state index in [9.17, 15) is 23.1 Å². The van der Waals surface area contributed by atoms with E-state index in [1.54, 1.807) is 0 Å². The molecule has 27 heavy (non-hydrogen) atoms. The normalized spacial score (nSPS) is 11.2. The Balaban J connectivity index is 2.06. The van der Waals surface area contributed by atoms with Crippen LogP contribution in [0.5, 0.6) is 5.75 Å². The van der Waals surface area contributed by atoms with E-state index in [0.717, 1.165) is 11.6 Å². The van der Waals surface area contributed by atoms with Crippen molar-refractivity contribution in [2.24, 2.45) is 0 Å². The summed E-state index contributed by atoms with van der Waals surface area (Å²) < 4.78 is 45.9. The number of alkyl halides is 3. The van der Waals surface area contributed by atoms with Crippen molar-refractivity contribution in [1.29, 1.82) is 0 Å². The predicted octanol–water partition coefficient (Wildman–Crippen LogP) is 5.65. The first-order valence-electron chi connectivity index (χ1n) is 8.07. The Morgan fingerprint density at radius 1 is 0.889 bits per heavy atom. The monoisotopic (exact) mass is 372 g/mol. The topological polar surface area (TPSA) is 46.5 Å². The van der Waals surface area contributed by atoms with E-state index in [4.69, 9.17) is 4.74 Å². The van der Waals surface area contributed by atoms with E-state index in [2.05, 4.69) is 0 Å². The number of carboxylic acids is 1. The van der Waals surface area contributed by atoms with Crippen LogP contribution in [0.3, 0.4) is 0 Å². The van der Waals surface area contributed by atoms with Crippen LogP contribution in [-0.2, 0) is 12.8 Å². The summed E-state index contributed by atoms with van der Waals surface area (Å²) in [7, 11) is 0. The quantitative estimate of drug-likeness (QED) is 0.630. The SMILES string of the molecule is O=C(O)c1ccc(-c2ccccc2C(F)(F)F)c(OCc2ccccc2)c1. The lowest BCUT2D eigenvalue weighted by Gasteiger charge is -2.17. The maximum absolute atomic E-state index is 13.4. The van der Waals surface area contributed by atoms with Gasteiger partial charge < -0.3 is 9.84 Å². The number of aromatic carboxylic acids is 1. The van der Waals surface area contributed by atoms with Crippen LogP contribution in [0.2, 0.25) is 0 Å². The fraction of sp³-hybridized carbons (Fsp3) is 0.0952. The van der Waals surface area contributed by atoms with Crippen LogP contribution in [0.1, 0.15) is 21.5 Å². The average Bonchev–Trinajstić information content (AvgIpc) is 2.66. The lowest BCUT2D eigenvalue weighted by Crippen LogP contribution is -2.08. The summed E-state index contributed by atoms with van der Waals surface area (Å²) in [4.78, 5) is 11.3. The molecule has 0 heterocycles. The molecule has 0 bridgehead atoms. The molecule has 0 saturated carbocycles. The lowest BCUT2D eigenvalue weighted by atomic mass is 9.97. The number of ether oxygens (including phenoxy) is 1. The number of hydrogen-bond acceptors (Lipinski definition) is 2. The Labute approximate surface area is 153 Å². The lowest BCUT2D eigenvalue weighted by molar-refractivity contribution is -0.137. The molecule has 0 amide bonds. The molecule has 3 nitrogen and oxygen atoms in total. The first kappa shape index (κ1) is 18.5. The van der Waals surface area contributed by atoms with Crippen molar-refractivity contribution in [3.05, 3.63) is 89.5 Å². The van der Waals surface area contributed by atoms with Crippen LogP contribution < -0.4 is 4.74 Å². The van der Waals surface area contributed by atoms with E-state index in [1.165, 1.54) is 36.4 Å². The Morgan fingerprint density at radius 2 is 1.56 bits per heavy atom. The van der Waals surface area contributed by atoms with Gasteiger partial charge in [0.15, 0.2) is 0 Å². The number of benzene rings is 3. The molecular weight excluding hydrogens is 357 g/mol. The summed E-state index contributed by atoms with van der Waals surface area (Å²) in [6.45, 7) is 0.102. The smallest absolute Gasteiger partial charge is 0.417 e. The minimum absolute atomic E-state index is 0.0636. The molecule has 0 aromatic heterocycles. The van der Waals surface area contributed by atoms with Gasteiger partial charge in [0.2, 0.25) is 0 Å². The van der Waals surface area contributed by atoms with Gasteiger partial charge in [-0.05, 0) is 35.4 Å². The molecule has 1 N–H and O–H groups in total. The summed E-state index contributed by atoms with van der Waals surface area (Å²) in [5.41, 5.74) is 0.0612. The third kappa shape index (κ3) is 4.28. The molecule has 0 aliphatic carbocycles. The first-order valence-corrected chi connectivity index (χ1v) is 8.07. The molecular formula is C21H15F3O3. The van der Waals surface area contributed by atoms with E-state index >= 15 is 0 Å². The van der Waals surface area contributed by atoms with Gasteiger partial charge in [-0.3, -0.25) is 0 Å². The molecule has 3 aromatic carbocycles. The molecule has 0 unspecified atom stereocenters. The fourth-order valence-corrected chi connectivity index (χ4v) is 2.70. The second-order valence-corrected chi connectivity index (χ2v) is 5.83. The average molecular weight is 372 g/mol. The number of rotatable bonds is 5. The zero-order valence-corrected chi connectivity index (χ0v) is 14.0. The first-order chi connectivity index (χ1) is 12.9. The van der Waals surface area contributed by atoms with Crippen molar-refractivity contribution < 1.29 is 27.8 Å². The maximum Gasteiger partial charge on any atom is 0.417 e. The second kappa shape index (κ2) is 7.53. The van der Waals surface area contributed by atoms with Crippen LogP contribution >= 0.6 is 0 Å². The van der Waals surface area contributed by atoms with Crippen molar-refractivity contribution in [2.45, 2.75) is 12.8 Å². The molecule has 6 heteroatoms. The van der Waals surface area contributed by atoms with Gasteiger partial charge in [-0.15, -0.1) is 0 Å². The Morgan fingerprint density at radius 3 is 2.22 bits per heavy atom. The number of carboxylic acid groups (broad SMARTS) is 1. The van der Waals surface area contributed by atoms with E-state index < -0.39 is 17.7 Å². The summed E-state index contributed by atoms with van der Waals surface area (Å²) >= 11 is 0. The van der Waals surface area contributed by atoms with Gasteiger partial charge >= 0.3 is 12.1 Å². The van der Waals surface area contributed by atoms with Gasteiger partial charge in [0, 0.05) is 5.56 Å². The van der Waals surface area contributed by atoms with Crippen LogP contribution in [0.25, 0.3) is 11.1 Å². The van der Waals surface area contributed by atoms with Crippen LogP contribution in [0, 0.1) is 0 Å². The van der Waals surface area contributed by atoms with Gasteiger partial charge in [0.25, 0.3) is 0 Å². The van der Waals surface area contributed by atoms with E-state index in [-0.39, 0.29) is 29.0 Å². The Hall–Kier alpha value is -3.28. The molecule has 0 saturated heterocycles. The standard InChI is InChI=1S/C21H15F3O3/c22-21(23,24)18-9-5-4-8-16(18)17-11-10-15(20(25)26)12-19(17)27-13-14-6-2-1-3-7-14/h1-12H,13H2,(H,25,26). The molecule has 0 atom stereocenters. The molecule has 0 fully saturated rings. The van der Waals surface area contributed by atoms with Crippen molar-refractivity contribution in [3.63, 3.8) is 0 Å². The van der Waals surface area contributed by atoms with E-state index in [1.807, 2.05) is 30.3 Å². The molecule has 0 spiro atoms. The molecule has 138 valence electrons. The zero-order valence-electron chi connectivity index (χ0n) is 14.0. The highest BCUT2D eigenvalue weighted by Gasteiger charge is 2.34. The Kier molecular flexibility index (Phi) is 5.16. The summed E-state index contributed by atoms with van der Waals surface area (Å²) in [6, 6.07) is 18.1. The van der Waals surface area contributed by atoms with Crippen molar-refractivity contribution in [1.82, 2.24) is 0 Å². The molecule has 3 aromatic rings. The van der Waals surface area contributed by atoms with Gasteiger partial charge in [-0.2, -0.15) is 13.2 Å². The second-order valence-electron chi connectivity index (χ2n) is 5.83. The number of hydrogen-bond donors (Lipinski definition) is 1. The van der Waals surface area contributed by atoms with Crippen LogP contribution in [0.4, 0.5) is 13.2 Å². The third-order valence-corrected chi connectivity index (χ3v) is 3.99. The largest absolute Gasteiger partial charge is 0.488 e. The van der Waals surface area contributed by atoms with Gasteiger partial charge in [-0.1, -0.05) is 48.5 Å². The summed E-state index contributed by atoms with van der Waals surface area (Å²) in [6.07, 6.45) is -4.54. The highest BCUT2D eigenvalue weighted by molar-refractivity contribution is 5.90. The molecule has 0 radical (unpaired) electrons. The highest BCUT2D eigenvalue weighted by Crippen LogP contribution is 2.40. The van der Waals surface area contributed by atoms with Crippen LogP contribution in [0.15, 0.2) is 72.8 Å². The summed E-state index contributed by atoms with van der Waals surface area (Å²) in [5, 5.41) is 9.20. The predicted molar refractivity (Wildman–Crippen MR) is 94.6 cm³/mol. The van der Waals surface area contributed by atoms with E-state index in [0.29, 0.717) is 0 Å². The number of halogens is 3. The van der Waals surface area contributed by atoms with Crippen molar-refractivity contribution in [3.8, 4) is 16.9 Å². The highest BCUT2D eigenvalue weighted by atomic mass is 19.4. The minimum Gasteiger partial charge on any atom is -0.488 e. The van der Waals surface area contributed by atoms with Crippen molar-refractivity contribution in [2.75, 3.05) is 0 Å². The maximum atomic E-state index is 13.4. The number of carbonyl (C=O) groups is 1.